The van der Waals surface area contributed by atoms with Gasteiger partial charge in [-0.1, -0.05) is 47.1 Å². The lowest BCUT2D eigenvalue weighted by Gasteiger charge is -2.08. The molecule has 0 radical (unpaired) electrons. The minimum absolute atomic E-state index is 0.0334. The Labute approximate surface area is 170 Å². The number of halogens is 2. The molecule has 0 unspecified atom stereocenters. The molecular formula is C21H16ClFN4O2. The van der Waals surface area contributed by atoms with E-state index in [1.165, 1.54) is 6.07 Å². The molecule has 4 rings (SSSR count). The number of aromatic nitrogens is 3. The number of benzene rings is 2. The lowest BCUT2D eigenvalue weighted by atomic mass is 10.2. The van der Waals surface area contributed by atoms with Gasteiger partial charge in [-0.3, -0.25) is 4.79 Å². The summed E-state index contributed by atoms with van der Waals surface area (Å²) in [6.07, 6.45) is 1.74. The molecule has 2 aromatic carbocycles. The van der Waals surface area contributed by atoms with Crippen molar-refractivity contribution in [2.45, 2.75) is 13.1 Å². The molecule has 0 fully saturated rings. The lowest BCUT2D eigenvalue weighted by molar-refractivity contribution is -0.121. The van der Waals surface area contributed by atoms with E-state index in [9.17, 15) is 9.18 Å². The Balaban J connectivity index is 1.46. The highest BCUT2D eigenvalue weighted by Crippen LogP contribution is 2.24. The maximum atomic E-state index is 13.7. The average Bonchev–Trinajstić information content (AvgIpc) is 3.37. The molecule has 6 nitrogen and oxygen atoms in total. The fourth-order valence-electron chi connectivity index (χ4n) is 2.86. The zero-order chi connectivity index (χ0) is 20.2. The minimum atomic E-state index is -0.353. The average molecular weight is 411 g/mol. The molecular weight excluding hydrogens is 395 g/mol. The predicted octanol–water partition coefficient (Wildman–Crippen LogP) is 4.31. The van der Waals surface area contributed by atoms with Gasteiger partial charge in [0.05, 0.1) is 0 Å². The predicted molar refractivity (Wildman–Crippen MR) is 106 cm³/mol. The topological polar surface area (TPSA) is 73.0 Å². The number of nitrogens with zero attached hydrogens (tertiary/aromatic N) is 3. The van der Waals surface area contributed by atoms with Gasteiger partial charge >= 0.3 is 0 Å². The van der Waals surface area contributed by atoms with Crippen molar-refractivity contribution >= 4 is 17.5 Å². The summed E-state index contributed by atoms with van der Waals surface area (Å²) in [5, 5.41) is 7.28. The second kappa shape index (κ2) is 8.28. The Bertz CT molecular complexity index is 1150. The quantitative estimate of drug-likeness (QED) is 0.514. The number of hydrogen-bond acceptors (Lipinski definition) is 4. The zero-order valence-corrected chi connectivity index (χ0v) is 15.9. The first kappa shape index (κ1) is 18.9. The van der Waals surface area contributed by atoms with E-state index in [0.29, 0.717) is 22.1 Å². The Kier molecular flexibility index (Phi) is 5.39. The van der Waals surface area contributed by atoms with E-state index in [2.05, 4.69) is 15.5 Å². The molecule has 0 spiro atoms. The maximum Gasteiger partial charge on any atom is 0.274 e. The fraction of sp³-hybridized carbons (Fsp3) is 0.0952. The van der Waals surface area contributed by atoms with Crippen LogP contribution in [0.5, 0.6) is 0 Å². The monoisotopic (exact) mass is 410 g/mol. The highest BCUT2D eigenvalue weighted by atomic mass is 35.5. The van der Waals surface area contributed by atoms with Crippen molar-refractivity contribution in [2.24, 2.45) is 0 Å². The molecule has 0 atom stereocenters. The van der Waals surface area contributed by atoms with Gasteiger partial charge in [0.1, 0.15) is 18.1 Å². The number of hydrogen-bond donors (Lipinski definition) is 1. The lowest BCUT2D eigenvalue weighted by Crippen LogP contribution is -2.27. The van der Waals surface area contributed by atoms with E-state index in [1.54, 1.807) is 59.3 Å². The van der Waals surface area contributed by atoms with Crippen LogP contribution in [0.25, 0.3) is 23.0 Å². The van der Waals surface area contributed by atoms with Crippen LogP contribution in [0.3, 0.4) is 0 Å². The smallest absolute Gasteiger partial charge is 0.274 e. The van der Waals surface area contributed by atoms with Crippen LogP contribution in [-0.2, 0) is 17.9 Å². The molecule has 4 aromatic rings. The molecule has 0 saturated heterocycles. The third kappa shape index (κ3) is 4.35. The molecule has 0 aliphatic carbocycles. The van der Waals surface area contributed by atoms with Gasteiger partial charge in [-0.05, 0) is 30.3 Å². The SMILES string of the molecule is O=C(Cn1cccc1-c1nc(-c2cccc(Cl)c2)no1)NCc1ccccc1F. The van der Waals surface area contributed by atoms with Crippen LogP contribution in [0.2, 0.25) is 5.02 Å². The van der Waals surface area contributed by atoms with E-state index in [4.69, 9.17) is 16.1 Å². The number of carbonyl (C=O) groups is 1. The Morgan fingerprint density at radius 1 is 1.14 bits per heavy atom. The van der Waals surface area contributed by atoms with Crippen LogP contribution in [0.1, 0.15) is 5.56 Å². The van der Waals surface area contributed by atoms with Gasteiger partial charge in [0, 0.05) is 28.9 Å². The summed E-state index contributed by atoms with van der Waals surface area (Å²) < 4.78 is 20.7. The number of nitrogens with one attached hydrogen (secondary N) is 1. The van der Waals surface area contributed by atoms with Crippen molar-refractivity contribution in [3.05, 3.63) is 83.3 Å². The van der Waals surface area contributed by atoms with Gasteiger partial charge in [0.15, 0.2) is 0 Å². The fourth-order valence-corrected chi connectivity index (χ4v) is 3.05. The van der Waals surface area contributed by atoms with Crippen molar-refractivity contribution in [3.63, 3.8) is 0 Å². The molecule has 0 bridgehead atoms. The molecule has 0 aliphatic rings. The molecule has 1 amide bonds. The zero-order valence-electron chi connectivity index (χ0n) is 15.2. The van der Waals surface area contributed by atoms with E-state index >= 15 is 0 Å². The third-order valence-corrected chi connectivity index (χ3v) is 4.54. The summed E-state index contributed by atoms with van der Waals surface area (Å²) in [6, 6.07) is 17.0. The van der Waals surface area contributed by atoms with E-state index in [1.807, 2.05) is 6.07 Å². The Hall–Kier alpha value is -3.45. The number of carbonyl (C=O) groups excluding carboxylic acids is 1. The van der Waals surface area contributed by atoms with Crippen LogP contribution in [0.15, 0.2) is 71.4 Å². The van der Waals surface area contributed by atoms with Gasteiger partial charge < -0.3 is 14.4 Å². The van der Waals surface area contributed by atoms with Crippen molar-refractivity contribution in [3.8, 4) is 23.0 Å². The minimum Gasteiger partial charge on any atom is -0.350 e. The van der Waals surface area contributed by atoms with Gasteiger partial charge in [-0.25, -0.2) is 4.39 Å². The molecule has 29 heavy (non-hydrogen) atoms. The molecule has 2 heterocycles. The summed E-state index contributed by atoms with van der Waals surface area (Å²) >= 11 is 6.01. The molecule has 146 valence electrons. The van der Waals surface area contributed by atoms with Gasteiger partial charge in [-0.2, -0.15) is 4.98 Å². The first-order valence-corrected chi connectivity index (χ1v) is 9.23. The number of rotatable bonds is 6. The Morgan fingerprint density at radius 3 is 2.83 bits per heavy atom. The molecule has 0 aliphatic heterocycles. The van der Waals surface area contributed by atoms with Crippen LogP contribution in [0.4, 0.5) is 4.39 Å². The summed E-state index contributed by atoms with van der Waals surface area (Å²) in [4.78, 5) is 16.7. The van der Waals surface area contributed by atoms with Crippen LogP contribution < -0.4 is 5.32 Å². The largest absolute Gasteiger partial charge is 0.350 e. The summed E-state index contributed by atoms with van der Waals surface area (Å²) in [7, 11) is 0. The van der Waals surface area contributed by atoms with Crippen molar-refractivity contribution in [1.29, 1.82) is 0 Å². The van der Waals surface area contributed by atoms with Crippen LogP contribution in [-0.4, -0.2) is 20.6 Å². The van der Waals surface area contributed by atoms with Gasteiger partial charge in [-0.15, -0.1) is 0 Å². The van der Waals surface area contributed by atoms with Crippen molar-refractivity contribution in [1.82, 2.24) is 20.0 Å². The van der Waals surface area contributed by atoms with E-state index in [-0.39, 0.29) is 30.7 Å². The molecule has 0 saturated carbocycles. The van der Waals surface area contributed by atoms with Gasteiger partial charge in [0.25, 0.3) is 5.89 Å². The van der Waals surface area contributed by atoms with Gasteiger partial charge in [0.2, 0.25) is 11.7 Å². The van der Waals surface area contributed by atoms with Crippen molar-refractivity contribution < 1.29 is 13.7 Å². The van der Waals surface area contributed by atoms with E-state index < -0.39 is 0 Å². The van der Waals surface area contributed by atoms with Crippen LogP contribution in [0, 0.1) is 5.82 Å². The normalized spacial score (nSPS) is 10.8. The first-order valence-electron chi connectivity index (χ1n) is 8.85. The highest BCUT2D eigenvalue weighted by molar-refractivity contribution is 6.30. The maximum absolute atomic E-state index is 13.7. The first-order chi connectivity index (χ1) is 14.1. The summed E-state index contributed by atoms with van der Waals surface area (Å²) in [5.41, 5.74) is 1.76. The molecule has 1 N–H and O–H groups in total. The number of amides is 1. The van der Waals surface area contributed by atoms with Crippen LogP contribution >= 0.6 is 11.6 Å². The molecule has 8 heteroatoms. The van der Waals surface area contributed by atoms with E-state index in [0.717, 1.165) is 5.56 Å². The summed E-state index contributed by atoms with van der Waals surface area (Å²) in [6.45, 7) is 0.146. The Morgan fingerprint density at radius 2 is 2.00 bits per heavy atom. The molecule has 2 aromatic heterocycles. The second-order valence-corrected chi connectivity index (χ2v) is 6.76. The summed E-state index contributed by atoms with van der Waals surface area (Å²) in [5.74, 6) is 0.0697. The highest BCUT2D eigenvalue weighted by Gasteiger charge is 2.16. The van der Waals surface area contributed by atoms with Crippen molar-refractivity contribution in [2.75, 3.05) is 0 Å². The second-order valence-electron chi connectivity index (χ2n) is 6.32. The standard InChI is InChI=1S/C21H16ClFN4O2/c22-16-7-3-6-14(11-16)20-25-21(29-26-20)18-9-4-10-27(18)13-19(28)24-12-15-5-1-2-8-17(15)23/h1-11H,12-13H2,(H,24,28). The third-order valence-electron chi connectivity index (χ3n) is 4.31.